The maximum atomic E-state index is 4.27. The number of aromatic nitrogens is 1. The van der Waals surface area contributed by atoms with Crippen LogP contribution in [0.5, 0.6) is 0 Å². The van der Waals surface area contributed by atoms with Crippen molar-refractivity contribution in [3.05, 3.63) is 16.6 Å². The Hall–Kier alpha value is -0.850. The molecule has 1 atom stereocenters. The molecule has 0 aromatic carbocycles. The van der Waals surface area contributed by atoms with Gasteiger partial charge in [-0.25, -0.2) is 4.98 Å². The molecule has 1 N–H and O–H groups in total. The maximum absolute atomic E-state index is 4.27. The first kappa shape index (κ1) is 10.2. The highest BCUT2D eigenvalue weighted by molar-refractivity contribution is 7.09. The van der Waals surface area contributed by atoms with Crippen molar-refractivity contribution in [2.45, 2.75) is 26.3 Å². The Balaban J connectivity index is 2.47. The second-order valence-electron chi connectivity index (χ2n) is 2.64. The van der Waals surface area contributed by atoms with E-state index in [2.05, 4.69) is 29.1 Å². The summed E-state index contributed by atoms with van der Waals surface area (Å²) in [6.45, 7) is 4.75. The molecule has 70 valence electrons. The molecule has 3 heteroatoms. The third-order valence-corrected chi connectivity index (χ3v) is 2.66. The number of hydrogen-bond acceptors (Lipinski definition) is 3. The summed E-state index contributed by atoms with van der Waals surface area (Å²) in [5.74, 6) is 5.85. The van der Waals surface area contributed by atoms with E-state index in [0.29, 0.717) is 6.04 Å². The maximum Gasteiger partial charge on any atom is 0.109 e. The van der Waals surface area contributed by atoms with Gasteiger partial charge in [-0.05, 0) is 13.3 Å². The highest BCUT2D eigenvalue weighted by Gasteiger charge is 2.09. The Bertz CT molecular complexity index is 282. The van der Waals surface area contributed by atoms with Gasteiger partial charge in [0.15, 0.2) is 0 Å². The van der Waals surface area contributed by atoms with Crippen molar-refractivity contribution < 1.29 is 0 Å². The lowest BCUT2D eigenvalue weighted by Crippen LogP contribution is -2.20. The second-order valence-corrected chi connectivity index (χ2v) is 3.56. The topological polar surface area (TPSA) is 24.9 Å². The van der Waals surface area contributed by atoms with Crippen LogP contribution in [0.2, 0.25) is 0 Å². The van der Waals surface area contributed by atoms with E-state index in [4.69, 9.17) is 0 Å². The molecule has 2 nitrogen and oxygen atoms in total. The van der Waals surface area contributed by atoms with Crippen LogP contribution < -0.4 is 5.32 Å². The number of nitrogens with one attached hydrogen (secondary N) is 1. The zero-order valence-electron chi connectivity index (χ0n) is 8.00. The smallest absolute Gasteiger partial charge is 0.109 e. The van der Waals surface area contributed by atoms with Crippen molar-refractivity contribution >= 4 is 11.3 Å². The number of rotatable bonds is 4. The van der Waals surface area contributed by atoms with Crippen molar-refractivity contribution in [3.63, 3.8) is 0 Å². The van der Waals surface area contributed by atoms with E-state index >= 15 is 0 Å². The quantitative estimate of drug-likeness (QED) is 0.743. The normalized spacial score (nSPS) is 11.8. The van der Waals surface area contributed by atoms with Gasteiger partial charge < -0.3 is 0 Å². The molecule has 1 aromatic heterocycles. The first-order valence-corrected chi connectivity index (χ1v) is 5.28. The van der Waals surface area contributed by atoms with E-state index in [0.717, 1.165) is 18.0 Å². The monoisotopic (exact) mass is 194 g/mol. The molecule has 0 bridgehead atoms. The van der Waals surface area contributed by atoms with Gasteiger partial charge in [-0.3, -0.25) is 5.32 Å². The van der Waals surface area contributed by atoms with Crippen LogP contribution in [0.1, 0.15) is 31.3 Å². The van der Waals surface area contributed by atoms with Crippen LogP contribution in [-0.2, 0) is 0 Å². The van der Waals surface area contributed by atoms with Gasteiger partial charge in [-0.15, -0.1) is 17.3 Å². The third kappa shape index (κ3) is 3.17. The van der Waals surface area contributed by atoms with Crippen LogP contribution in [0.4, 0.5) is 0 Å². The first-order valence-electron chi connectivity index (χ1n) is 4.40. The SMILES string of the molecule is CC#CCNC(CC)c1nccs1. The van der Waals surface area contributed by atoms with Gasteiger partial charge in [0.25, 0.3) is 0 Å². The van der Waals surface area contributed by atoms with Crippen LogP contribution >= 0.6 is 11.3 Å². The van der Waals surface area contributed by atoms with Gasteiger partial charge in [-0.2, -0.15) is 0 Å². The molecule has 0 spiro atoms. The molecular weight excluding hydrogens is 180 g/mol. The fourth-order valence-corrected chi connectivity index (χ4v) is 1.87. The lowest BCUT2D eigenvalue weighted by Gasteiger charge is -2.11. The summed E-state index contributed by atoms with van der Waals surface area (Å²) in [7, 11) is 0. The third-order valence-electron chi connectivity index (χ3n) is 1.77. The summed E-state index contributed by atoms with van der Waals surface area (Å²) in [4.78, 5) is 4.27. The molecule has 0 aliphatic heterocycles. The molecule has 0 radical (unpaired) electrons. The molecule has 0 saturated heterocycles. The Morgan fingerprint density at radius 3 is 3.08 bits per heavy atom. The standard InChI is InChI=1S/C10H14N2S/c1-3-5-6-11-9(4-2)10-12-7-8-13-10/h7-9,11H,4,6H2,1-2H3. The van der Waals surface area contributed by atoms with Gasteiger partial charge in [0.2, 0.25) is 0 Å². The predicted molar refractivity (Wildman–Crippen MR) is 56.6 cm³/mol. The van der Waals surface area contributed by atoms with Crippen molar-refractivity contribution in [1.29, 1.82) is 0 Å². The Labute approximate surface area is 83.4 Å². The fourth-order valence-electron chi connectivity index (χ4n) is 1.08. The van der Waals surface area contributed by atoms with Crippen LogP contribution in [-0.4, -0.2) is 11.5 Å². The second kappa shape index (κ2) is 5.74. The van der Waals surface area contributed by atoms with E-state index in [1.54, 1.807) is 11.3 Å². The van der Waals surface area contributed by atoms with E-state index in [9.17, 15) is 0 Å². The van der Waals surface area contributed by atoms with Crippen molar-refractivity contribution in [2.24, 2.45) is 0 Å². The molecule has 1 unspecified atom stereocenters. The van der Waals surface area contributed by atoms with Gasteiger partial charge in [-0.1, -0.05) is 12.8 Å². The Morgan fingerprint density at radius 2 is 2.54 bits per heavy atom. The molecule has 0 aliphatic carbocycles. The van der Waals surface area contributed by atoms with Crippen LogP contribution in [0, 0.1) is 11.8 Å². The molecule has 1 heterocycles. The minimum atomic E-state index is 0.362. The molecule has 0 amide bonds. The average molecular weight is 194 g/mol. The lowest BCUT2D eigenvalue weighted by molar-refractivity contribution is 0.552. The molecule has 0 saturated carbocycles. The Morgan fingerprint density at radius 1 is 1.69 bits per heavy atom. The molecule has 1 rings (SSSR count). The number of thiazole rings is 1. The summed E-state index contributed by atoms with van der Waals surface area (Å²) in [6.07, 6.45) is 2.90. The number of nitrogens with zero attached hydrogens (tertiary/aromatic N) is 1. The Kier molecular flexibility index (Phi) is 4.52. The highest BCUT2D eigenvalue weighted by atomic mass is 32.1. The van der Waals surface area contributed by atoms with Crippen LogP contribution in [0.25, 0.3) is 0 Å². The van der Waals surface area contributed by atoms with E-state index in [1.165, 1.54) is 0 Å². The molecular formula is C10H14N2S. The van der Waals surface area contributed by atoms with Gasteiger partial charge in [0, 0.05) is 11.6 Å². The first-order chi connectivity index (χ1) is 6.38. The predicted octanol–water partition coefficient (Wildman–Crippen LogP) is 2.21. The zero-order chi connectivity index (χ0) is 9.52. The molecule has 0 fully saturated rings. The summed E-state index contributed by atoms with van der Waals surface area (Å²) >= 11 is 1.69. The van der Waals surface area contributed by atoms with Crippen molar-refractivity contribution in [1.82, 2.24) is 10.3 Å². The lowest BCUT2D eigenvalue weighted by atomic mass is 10.2. The van der Waals surface area contributed by atoms with Gasteiger partial charge in [0.1, 0.15) is 5.01 Å². The average Bonchev–Trinajstić information content (AvgIpc) is 2.65. The molecule has 0 aliphatic rings. The van der Waals surface area contributed by atoms with E-state index in [-0.39, 0.29) is 0 Å². The van der Waals surface area contributed by atoms with E-state index in [1.807, 2.05) is 18.5 Å². The van der Waals surface area contributed by atoms with Crippen molar-refractivity contribution in [2.75, 3.05) is 6.54 Å². The minimum absolute atomic E-state index is 0.362. The van der Waals surface area contributed by atoms with E-state index < -0.39 is 0 Å². The van der Waals surface area contributed by atoms with Crippen LogP contribution in [0.3, 0.4) is 0 Å². The highest BCUT2D eigenvalue weighted by Crippen LogP contribution is 2.17. The summed E-state index contributed by atoms with van der Waals surface area (Å²) in [5.41, 5.74) is 0. The number of hydrogen-bond donors (Lipinski definition) is 1. The fraction of sp³-hybridized carbons (Fsp3) is 0.500. The zero-order valence-corrected chi connectivity index (χ0v) is 8.82. The van der Waals surface area contributed by atoms with Crippen LogP contribution in [0.15, 0.2) is 11.6 Å². The minimum Gasteiger partial charge on any atom is -0.297 e. The van der Waals surface area contributed by atoms with Gasteiger partial charge >= 0.3 is 0 Å². The summed E-state index contributed by atoms with van der Waals surface area (Å²) < 4.78 is 0. The molecule has 1 aromatic rings. The molecule has 13 heavy (non-hydrogen) atoms. The largest absolute Gasteiger partial charge is 0.297 e. The summed E-state index contributed by atoms with van der Waals surface area (Å²) in [6, 6.07) is 0.362. The summed E-state index contributed by atoms with van der Waals surface area (Å²) in [5, 5.41) is 6.51. The van der Waals surface area contributed by atoms with Gasteiger partial charge in [0.05, 0.1) is 12.6 Å². The van der Waals surface area contributed by atoms with Crippen molar-refractivity contribution in [3.8, 4) is 11.8 Å².